The van der Waals surface area contributed by atoms with Crippen LogP contribution in [0.25, 0.3) is 214 Å². The van der Waals surface area contributed by atoms with Gasteiger partial charge in [-0.25, -0.2) is 59.8 Å². The molecule has 20 aromatic rings. The zero-order valence-electron chi connectivity index (χ0n) is 62.5. The van der Waals surface area contributed by atoms with Crippen molar-refractivity contribution in [3.63, 3.8) is 0 Å². The van der Waals surface area contributed by atoms with E-state index in [1.807, 2.05) is 212 Å². The second-order valence-corrected chi connectivity index (χ2v) is 28.3. The largest absolute Gasteiger partial charge is 0.208 e. The van der Waals surface area contributed by atoms with Crippen molar-refractivity contribution in [2.24, 2.45) is 0 Å². The van der Waals surface area contributed by atoms with Gasteiger partial charge in [0, 0.05) is 66.8 Å². The highest BCUT2D eigenvalue weighted by Crippen LogP contribution is 2.47. The lowest BCUT2D eigenvalue weighted by molar-refractivity contribution is 1.07. The molecule has 16 aromatic carbocycles. The molecule has 0 saturated heterocycles. The van der Waals surface area contributed by atoms with E-state index in [4.69, 9.17) is 59.8 Å². The van der Waals surface area contributed by atoms with Crippen molar-refractivity contribution in [2.75, 3.05) is 0 Å². The van der Waals surface area contributed by atoms with Gasteiger partial charge in [-0.05, 0) is 101 Å². The minimum Gasteiger partial charge on any atom is -0.208 e. The molecule has 0 bridgehead atoms. The van der Waals surface area contributed by atoms with Gasteiger partial charge in [-0.2, -0.15) is 0 Å². The third-order valence-electron chi connectivity index (χ3n) is 20.9. The molecule has 0 fully saturated rings. The Bertz CT molecular complexity index is 6820. The van der Waals surface area contributed by atoms with Crippen LogP contribution in [-0.2, 0) is 0 Å². The summed E-state index contributed by atoms with van der Waals surface area (Å²) >= 11 is 0. The second-order valence-electron chi connectivity index (χ2n) is 28.3. The van der Waals surface area contributed by atoms with Gasteiger partial charge in [0.05, 0.1) is 0 Å². The molecule has 12 heteroatoms. The van der Waals surface area contributed by atoms with Gasteiger partial charge in [-0.1, -0.05) is 376 Å². The summed E-state index contributed by atoms with van der Waals surface area (Å²) in [7, 11) is 0. The Labute approximate surface area is 669 Å². The number of nitrogens with zero attached hydrogens (tertiary/aromatic N) is 12. The summed E-state index contributed by atoms with van der Waals surface area (Å²) in [4.78, 5) is 61.6. The number of hydrogen-bond acceptors (Lipinski definition) is 12. The molecule has 4 aromatic heterocycles. The highest BCUT2D eigenvalue weighted by molar-refractivity contribution is 6.10. The van der Waals surface area contributed by atoms with Crippen LogP contribution < -0.4 is 0 Å². The summed E-state index contributed by atoms with van der Waals surface area (Å²) in [6.07, 6.45) is 0. The number of benzene rings is 16. The van der Waals surface area contributed by atoms with E-state index in [1.165, 1.54) is 0 Å². The number of hydrogen-bond donors (Lipinski definition) is 0. The molecule has 0 aliphatic carbocycles. The molecular formula is C104H66N12. The lowest BCUT2D eigenvalue weighted by Crippen LogP contribution is -2.01. The van der Waals surface area contributed by atoms with Crippen molar-refractivity contribution in [3.05, 3.63) is 400 Å². The van der Waals surface area contributed by atoms with Crippen LogP contribution in [0, 0.1) is 0 Å². The maximum Gasteiger partial charge on any atom is 0.164 e. The number of aromatic nitrogens is 12. The molecule has 0 N–H and O–H groups in total. The van der Waals surface area contributed by atoms with Crippen molar-refractivity contribution >= 4 is 21.5 Å². The smallest absolute Gasteiger partial charge is 0.164 e. The van der Waals surface area contributed by atoms with Crippen LogP contribution in [0.5, 0.6) is 0 Å². The van der Waals surface area contributed by atoms with E-state index < -0.39 is 0 Å². The lowest BCUT2D eigenvalue weighted by Gasteiger charge is -2.20. The van der Waals surface area contributed by atoms with Gasteiger partial charge in [0.25, 0.3) is 0 Å². The third-order valence-corrected chi connectivity index (χ3v) is 20.9. The summed E-state index contributed by atoms with van der Waals surface area (Å²) in [6.45, 7) is 0. The molecule has 12 nitrogen and oxygen atoms in total. The van der Waals surface area contributed by atoms with Gasteiger partial charge in [-0.15, -0.1) is 0 Å². The van der Waals surface area contributed by atoms with E-state index in [9.17, 15) is 0 Å². The summed E-state index contributed by atoms with van der Waals surface area (Å²) in [6, 6.07) is 138. The maximum absolute atomic E-state index is 5.42. The molecule has 4 heterocycles. The average molecular weight is 1480 g/mol. The van der Waals surface area contributed by atoms with Gasteiger partial charge < -0.3 is 0 Å². The first-order valence-corrected chi connectivity index (χ1v) is 38.5. The monoisotopic (exact) mass is 1480 g/mol. The van der Waals surface area contributed by atoms with Crippen molar-refractivity contribution in [1.29, 1.82) is 0 Å². The molecule has 0 spiro atoms. The van der Waals surface area contributed by atoms with Crippen LogP contribution in [0.4, 0.5) is 0 Å². The Kier molecular flexibility index (Phi) is 18.4. The van der Waals surface area contributed by atoms with Crippen molar-refractivity contribution in [2.45, 2.75) is 0 Å². The van der Waals surface area contributed by atoms with Crippen LogP contribution in [0.2, 0.25) is 0 Å². The highest BCUT2D eigenvalue weighted by Gasteiger charge is 2.24. The minimum atomic E-state index is 0.526. The first-order valence-electron chi connectivity index (χ1n) is 38.5. The molecular weight excluding hydrogens is 1420 g/mol. The van der Waals surface area contributed by atoms with Gasteiger partial charge >= 0.3 is 0 Å². The molecule has 0 aliphatic heterocycles. The Hall–Kier alpha value is -15.9. The van der Waals surface area contributed by atoms with E-state index in [0.29, 0.717) is 69.9 Å². The van der Waals surface area contributed by atoms with Gasteiger partial charge in [0.2, 0.25) is 0 Å². The minimum absolute atomic E-state index is 0.526. The maximum atomic E-state index is 5.42. The first-order chi connectivity index (χ1) is 57.4. The van der Waals surface area contributed by atoms with E-state index in [2.05, 4.69) is 188 Å². The topological polar surface area (TPSA) is 155 Å². The average Bonchev–Trinajstić information content (AvgIpc) is 0.741. The second kappa shape index (κ2) is 30.7. The summed E-state index contributed by atoms with van der Waals surface area (Å²) in [5.74, 6) is 6.93. The molecule has 116 heavy (non-hydrogen) atoms. The standard InChI is InChI=1S/C104H66N12/c1-8-27-71(28-9-1)93-105-94(72-29-10-2-11-30-72)109-100(108-93)78-55-47-67(48-56-78)88-64-82-41-22-23-42-83(82)65-89(88)68-49-57-79(58-50-68)103-114-99(77-39-20-7-21-40-77)115-104(116-103)86-45-26-44-84(63-86)90-66-85-43-24-25-46-87(85)91(69-51-59-80(60-52-69)101-110-95(73-31-12-3-13-32-73)106-96(111-101)74-33-14-4-15-34-74)92(90)70-53-61-81(62-54-70)102-112-97(75-35-16-5-17-36-75)107-98(113-102)76-37-18-6-19-38-76/h1-66H. The SMILES string of the molecule is c1ccc(-c2nc(-c3ccccc3)nc(-c3ccc(-c4cc5ccccc5cc4-c4ccc(-c5nc(-c6ccccc6)nc(-c6cccc(-c7cc8ccccc8c(-c8ccc(-c9nc(-c%10ccccc%10)nc(-c%10ccccc%10)n9)cc8)c7-c7ccc(-c8nc(-c9ccccc9)nc(-c9ccccc9)n8)cc7)c6)n5)cc4)cc3)n2)cc1. The molecule has 20 rings (SSSR count). The normalized spacial score (nSPS) is 11.3. The predicted octanol–water partition coefficient (Wildman–Crippen LogP) is 25.1. The van der Waals surface area contributed by atoms with Crippen molar-refractivity contribution in [1.82, 2.24) is 59.8 Å². The van der Waals surface area contributed by atoms with Crippen LogP contribution in [0.15, 0.2) is 400 Å². The first kappa shape index (κ1) is 69.3. The van der Waals surface area contributed by atoms with Gasteiger partial charge in [0.15, 0.2) is 69.9 Å². The number of fused-ring (bicyclic) bond motifs is 2. The summed E-state index contributed by atoms with van der Waals surface area (Å²) in [5.41, 5.74) is 20.8. The zero-order valence-corrected chi connectivity index (χ0v) is 62.5. The number of rotatable bonds is 17. The molecule has 0 saturated carbocycles. The fraction of sp³-hybridized carbons (Fsp3) is 0. The fourth-order valence-electron chi connectivity index (χ4n) is 15.1. The van der Waals surface area contributed by atoms with Gasteiger partial charge in [-0.3, -0.25) is 0 Å². The Balaban J connectivity index is 0.697. The Morgan fingerprint density at radius 2 is 0.310 bits per heavy atom. The fourth-order valence-corrected chi connectivity index (χ4v) is 15.1. The van der Waals surface area contributed by atoms with Gasteiger partial charge in [0.1, 0.15) is 0 Å². The molecule has 542 valence electrons. The summed E-state index contributed by atoms with van der Waals surface area (Å²) < 4.78 is 0. The lowest BCUT2D eigenvalue weighted by atomic mass is 9.83. The van der Waals surface area contributed by atoms with E-state index in [0.717, 1.165) is 144 Å². The van der Waals surface area contributed by atoms with Crippen LogP contribution in [0.1, 0.15) is 0 Å². The van der Waals surface area contributed by atoms with Crippen LogP contribution in [0.3, 0.4) is 0 Å². The predicted molar refractivity (Wildman–Crippen MR) is 467 cm³/mol. The van der Waals surface area contributed by atoms with Crippen molar-refractivity contribution < 1.29 is 0 Å². The quantitative estimate of drug-likeness (QED) is 0.0852. The molecule has 0 aliphatic rings. The molecule has 0 unspecified atom stereocenters. The molecule has 0 atom stereocenters. The van der Waals surface area contributed by atoms with E-state index in [-0.39, 0.29) is 0 Å². The van der Waals surface area contributed by atoms with Crippen LogP contribution >= 0.6 is 0 Å². The molecule has 0 amide bonds. The van der Waals surface area contributed by atoms with Crippen LogP contribution in [-0.4, -0.2) is 59.8 Å². The Morgan fingerprint density at radius 3 is 0.603 bits per heavy atom. The molecule has 0 radical (unpaired) electrons. The van der Waals surface area contributed by atoms with Crippen molar-refractivity contribution in [3.8, 4) is 192 Å². The van der Waals surface area contributed by atoms with E-state index in [1.54, 1.807) is 0 Å². The third kappa shape index (κ3) is 14.1. The van der Waals surface area contributed by atoms with E-state index >= 15 is 0 Å². The summed E-state index contributed by atoms with van der Waals surface area (Å²) in [5, 5.41) is 4.41. The zero-order chi connectivity index (χ0) is 77.1. The Morgan fingerprint density at radius 1 is 0.112 bits per heavy atom. The highest BCUT2D eigenvalue weighted by atomic mass is 15.1.